The number of ether oxygens (including phenoxy) is 2. The number of fused-ring (bicyclic) bond motifs is 1. The number of aromatic nitrogens is 4. The highest BCUT2D eigenvalue weighted by molar-refractivity contribution is 7.64. The number of hydrogen-bond donors (Lipinski definition) is 7. The third-order valence-electron chi connectivity index (χ3n) is 11.4. The number of nitrogen functional groups attached to an aromatic ring is 1. The van der Waals surface area contributed by atoms with Crippen LogP contribution in [0.5, 0.6) is 0 Å². The molecule has 400 valence electrons. The molecular formula is C42H83N10O14P3. The predicted molar refractivity (Wildman–Crippen MR) is 256 cm³/mol. The van der Waals surface area contributed by atoms with Crippen LogP contribution in [0, 0.1) is 0 Å². The number of hydrogen-bond acceptors (Lipinski definition) is 19. The van der Waals surface area contributed by atoms with E-state index in [1.807, 2.05) is 0 Å². The van der Waals surface area contributed by atoms with Crippen LogP contribution in [0.1, 0.15) is 99.7 Å². The Balaban J connectivity index is 0.00000133. The number of carbonyl (C=O) groups excluding carboxylic acids is 1. The topological polar surface area (TPSA) is 326 Å². The first-order valence-corrected chi connectivity index (χ1v) is 28.2. The number of carbonyl (C=O) groups is 1. The Morgan fingerprint density at radius 1 is 0.725 bits per heavy atom. The summed E-state index contributed by atoms with van der Waals surface area (Å²) in [4.78, 5) is 76.2. The van der Waals surface area contributed by atoms with E-state index in [4.69, 9.17) is 15.2 Å². The lowest BCUT2D eigenvalue weighted by molar-refractivity contribution is -0.894. The quantitative estimate of drug-likeness (QED) is 0.0381. The summed E-state index contributed by atoms with van der Waals surface area (Å²) in [5, 5.41) is 13.9. The molecule has 4 rings (SSSR count). The van der Waals surface area contributed by atoms with Crippen LogP contribution in [-0.4, -0.2) is 141 Å². The number of aliphatic hydroxyl groups is 1. The van der Waals surface area contributed by atoms with E-state index in [-0.39, 0.29) is 22.5 Å². The lowest BCUT2D eigenvalue weighted by Crippen LogP contribution is -3.11. The third kappa shape index (κ3) is 24.3. The standard InChI is InChI=1S/C18H23N6O14P3.4C6H15N/c1-20-10-5-3-2-4-9(10)18(26)36-14-11(6-34-40(30,31)38-41(32,33)37-39(27,28)29)35-17(13(14)25)24-8-23-12-15(19)21-7-22-16(12)24;4*1-4-7(5-2)6-3/h2-5,7-8,11,13-14,17,20,25H,6H2,1H3,(H,30,31)(H,32,33)(H2,19,21,22)(H2,27,28,29);4*4-6H2,1-3H3/t11-,13-,14-,17-;;;;/m1..../s1. The number of quaternary nitrogens is 4. The highest BCUT2D eigenvalue weighted by Crippen LogP contribution is 2.60. The molecule has 3 heterocycles. The first-order valence-electron chi connectivity index (χ1n) is 23.8. The van der Waals surface area contributed by atoms with Gasteiger partial charge < -0.3 is 73.9 Å². The highest BCUT2D eigenvalue weighted by atomic mass is 31.3. The second-order valence-corrected chi connectivity index (χ2v) is 19.6. The van der Waals surface area contributed by atoms with Crippen molar-refractivity contribution in [2.24, 2.45) is 0 Å². The van der Waals surface area contributed by atoms with Crippen molar-refractivity contribution >= 4 is 52.1 Å². The number of anilines is 2. The van der Waals surface area contributed by atoms with Crippen molar-refractivity contribution in [1.29, 1.82) is 0 Å². The summed E-state index contributed by atoms with van der Waals surface area (Å²) in [6.45, 7) is 40.8. The van der Waals surface area contributed by atoms with Gasteiger partial charge in [-0.05, 0) is 95.2 Å². The van der Waals surface area contributed by atoms with E-state index in [0.29, 0.717) is 5.69 Å². The molecule has 1 aliphatic rings. The maximum Gasteiger partial charge on any atom is 0.340 e. The summed E-state index contributed by atoms with van der Waals surface area (Å²) in [5.41, 5.74) is 6.36. The minimum Gasteiger partial charge on any atom is -0.790 e. The fourth-order valence-electron chi connectivity index (χ4n) is 6.80. The molecule has 1 aliphatic heterocycles. The second kappa shape index (κ2) is 34.4. The number of phosphoric ester groups is 1. The number of para-hydroxylation sites is 1. The van der Waals surface area contributed by atoms with Crippen LogP contribution in [0.25, 0.3) is 11.2 Å². The molecule has 1 aromatic carbocycles. The normalized spacial score (nSPS) is 18.5. The van der Waals surface area contributed by atoms with Crippen LogP contribution in [-0.2, 0) is 36.3 Å². The average molecular weight is 1050 g/mol. The zero-order chi connectivity index (χ0) is 53.0. The summed E-state index contributed by atoms with van der Waals surface area (Å²) >= 11 is 0. The number of rotatable bonds is 23. The number of nitrogens with zero attached hydrogens (tertiary/aromatic N) is 4. The van der Waals surface area contributed by atoms with Crippen molar-refractivity contribution in [3.63, 3.8) is 0 Å². The minimum absolute atomic E-state index is 0.0119. The molecule has 0 bridgehead atoms. The maximum atomic E-state index is 13.0. The van der Waals surface area contributed by atoms with Crippen LogP contribution in [0.3, 0.4) is 0 Å². The molecule has 1 fully saturated rings. The van der Waals surface area contributed by atoms with Crippen molar-refractivity contribution in [2.75, 3.05) is 103 Å². The molecule has 2 unspecified atom stereocenters. The van der Waals surface area contributed by atoms with E-state index in [1.165, 1.54) is 109 Å². The van der Waals surface area contributed by atoms with Gasteiger partial charge in [-0.2, -0.15) is 0 Å². The number of benzene rings is 1. The van der Waals surface area contributed by atoms with Crippen molar-refractivity contribution in [3.05, 3.63) is 42.5 Å². The van der Waals surface area contributed by atoms with Gasteiger partial charge in [0, 0.05) is 12.7 Å². The molecule has 8 N–H and O–H groups in total. The zero-order valence-electron chi connectivity index (χ0n) is 42.9. The van der Waals surface area contributed by atoms with Crippen molar-refractivity contribution < 1.29 is 85.4 Å². The van der Waals surface area contributed by atoms with Gasteiger partial charge in [0.2, 0.25) is 0 Å². The summed E-state index contributed by atoms with van der Waals surface area (Å²) < 4.78 is 57.6. The molecule has 0 radical (unpaired) electrons. The van der Waals surface area contributed by atoms with E-state index in [2.05, 4.69) is 116 Å². The molecule has 24 nitrogen and oxygen atoms in total. The second-order valence-electron chi connectivity index (χ2n) is 15.3. The van der Waals surface area contributed by atoms with Crippen LogP contribution in [0.4, 0.5) is 11.5 Å². The van der Waals surface area contributed by atoms with Gasteiger partial charge in [0.25, 0.3) is 15.6 Å². The molecule has 0 aliphatic carbocycles. The summed E-state index contributed by atoms with van der Waals surface area (Å²) in [7, 11) is -16.9. The summed E-state index contributed by atoms with van der Waals surface area (Å²) in [6.07, 6.45) is -4.18. The van der Waals surface area contributed by atoms with Crippen molar-refractivity contribution in [1.82, 2.24) is 19.5 Å². The third-order valence-corrected chi connectivity index (χ3v) is 15.1. The van der Waals surface area contributed by atoms with E-state index < -0.39 is 60.6 Å². The number of nitrogens with one attached hydrogen (secondary N) is 5. The Hall–Kier alpha value is -2.99. The van der Waals surface area contributed by atoms with Gasteiger partial charge in [-0.1, -0.05) is 12.1 Å². The van der Waals surface area contributed by atoms with Crippen molar-refractivity contribution in [2.45, 2.75) is 108 Å². The Morgan fingerprint density at radius 2 is 1.17 bits per heavy atom. The highest BCUT2D eigenvalue weighted by Gasteiger charge is 2.48. The molecule has 2 aromatic heterocycles. The van der Waals surface area contributed by atoms with Crippen LogP contribution in [0.2, 0.25) is 0 Å². The van der Waals surface area contributed by atoms with E-state index >= 15 is 0 Å². The molecule has 1 saturated heterocycles. The van der Waals surface area contributed by atoms with Gasteiger partial charge in [0.15, 0.2) is 23.8 Å². The number of nitrogens with two attached hydrogens (primary N) is 1. The average Bonchev–Trinajstić information content (AvgIpc) is 3.88. The van der Waals surface area contributed by atoms with Crippen LogP contribution >= 0.6 is 23.5 Å². The Kier molecular flexibility index (Phi) is 32.9. The zero-order valence-corrected chi connectivity index (χ0v) is 45.6. The molecule has 0 spiro atoms. The smallest absolute Gasteiger partial charge is 0.340 e. The largest absolute Gasteiger partial charge is 0.790 e. The van der Waals surface area contributed by atoms with Crippen LogP contribution < -0.4 is 50.2 Å². The molecule has 0 saturated carbocycles. The molecule has 3 aromatic rings. The lowest BCUT2D eigenvalue weighted by atomic mass is 10.1. The van der Waals surface area contributed by atoms with Gasteiger partial charge >= 0.3 is 5.97 Å². The predicted octanol–water partition coefficient (Wildman–Crippen LogP) is -2.53. The Labute approximate surface area is 409 Å². The molecule has 6 atom stereocenters. The SMILES string of the molecule is CC[NH+](CC)CC.CC[NH+](CC)CC.CC[NH+](CC)CC.CC[NH+](CC)CC.CNc1ccccc1C(=O)O[C@H]1[C@@H](O)[C@H](n2cnc3c(N)ncnc32)O[C@@H]1COP(=O)([O-])OP(=O)([O-])OP(=O)([O-])[O-]. The number of phosphoric acid groups is 3. The molecular weight excluding hydrogens is 961 g/mol. The maximum absolute atomic E-state index is 13.0. The summed E-state index contributed by atoms with van der Waals surface area (Å²) in [6, 6.07) is 6.11. The van der Waals surface area contributed by atoms with Gasteiger partial charge in [0.05, 0.1) is 105 Å². The van der Waals surface area contributed by atoms with E-state index in [9.17, 15) is 43.2 Å². The Morgan fingerprint density at radius 3 is 1.58 bits per heavy atom. The van der Waals surface area contributed by atoms with E-state index in [0.717, 1.165) is 6.33 Å². The Bertz CT molecular complexity index is 1930. The fourth-order valence-corrected chi connectivity index (χ4v) is 9.66. The van der Waals surface area contributed by atoms with Gasteiger partial charge in [-0.15, -0.1) is 0 Å². The minimum atomic E-state index is -6.24. The van der Waals surface area contributed by atoms with E-state index in [1.54, 1.807) is 31.7 Å². The first kappa shape index (κ1) is 66.0. The van der Waals surface area contributed by atoms with Crippen LogP contribution in [0.15, 0.2) is 36.9 Å². The number of imidazole rings is 1. The van der Waals surface area contributed by atoms with Gasteiger partial charge in [0.1, 0.15) is 24.1 Å². The van der Waals surface area contributed by atoms with Gasteiger partial charge in [-0.25, -0.2) is 24.1 Å². The monoisotopic (exact) mass is 1040 g/mol. The number of aliphatic hydroxyl groups excluding tert-OH is 1. The van der Waals surface area contributed by atoms with Crippen molar-refractivity contribution in [3.8, 4) is 0 Å². The number of esters is 1. The fraction of sp³-hybridized carbons (Fsp3) is 0.714. The first-order chi connectivity index (χ1) is 32.5. The lowest BCUT2D eigenvalue weighted by Gasteiger charge is -2.37. The molecule has 27 heteroatoms. The van der Waals surface area contributed by atoms with Gasteiger partial charge in [-0.3, -0.25) is 18.0 Å². The molecule has 69 heavy (non-hydrogen) atoms. The molecule has 0 amide bonds. The summed E-state index contributed by atoms with van der Waals surface area (Å²) in [5.74, 6) is -0.988.